The van der Waals surface area contributed by atoms with E-state index in [1.807, 2.05) is 55.5 Å². The number of aliphatic hydroxyl groups is 1. The Labute approximate surface area is 122 Å². The van der Waals surface area contributed by atoms with Gasteiger partial charge >= 0.3 is 0 Å². The van der Waals surface area contributed by atoms with E-state index in [-0.39, 0.29) is 6.04 Å². The van der Waals surface area contributed by atoms with Crippen LogP contribution in [0.25, 0.3) is 0 Å². The van der Waals surface area contributed by atoms with Gasteiger partial charge in [-0.3, -0.25) is 0 Å². The molecule has 0 aliphatic heterocycles. The van der Waals surface area contributed by atoms with E-state index in [9.17, 15) is 5.11 Å². The molecule has 3 heteroatoms. The van der Waals surface area contributed by atoms with Crippen molar-refractivity contribution in [1.29, 1.82) is 0 Å². The topological polar surface area (TPSA) is 46.2 Å². The number of nitrogens with two attached hydrogens (primary N) is 1. The Morgan fingerprint density at radius 3 is 2.47 bits per heavy atom. The molecule has 2 unspecified atom stereocenters. The van der Waals surface area contributed by atoms with Crippen molar-refractivity contribution in [3.63, 3.8) is 0 Å². The molecule has 0 bridgehead atoms. The van der Waals surface area contributed by atoms with Crippen molar-refractivity contribution in [2.45, 2.75) is 25.5 Å². The van der Waals surface area contributed by atoms with E-state index < -0.39 is 6.10 Å². The first-order valence-corrected chi connectivity index (χ1v) is 7.11. The van der Waals surface area contributed by atoms with Gasteiger partial charge in [-0.05, 0) is 36.1 Å². The summed E-state index contributed by atoms with van der Waals surface area (Å²) in [6, 6.07) is 15.6. The van der Waals surface area contributed by atoms with Gasteiger partial charge in [0.05, 0.1) is 6.10 Å². The molecule has 19 heavy (non-hydrogen) atoms. The molecule has 2 rings (SSSR count). The largest absolute Gasteiger partial charge is 0.387 e. The molecule has 0 spiro atoms. The summed E-state index contributed by atoms with van der Waals surface area (Å²) in [6.45, 7) is 2.02. The van der Waals surface area contributed by atoms with Crippen molar-refractivity contribution in [2.24, 2.45) is 5.73 Å². The van der Waals surface area contributed by atoms with Crippen molar-refractivity contribution >= 4 is 15.9 Å². The Hall–Kier alpha value is -1.16. The van der Waals surface area contributed by atoms with Crippen LogP contribution in [0.4, 0.5) is 0 Å². The molecule has 2 nitrogen and oxygen atoms in total. The zero-order valence-corrected chi connectivity index (χ0v) is 12.5. The predicted octanol–water partition coefficient (Wildman–Crippen LogP) is 3.36. The van der Waals surface area contributed by atoms with Crippen LogP contribution in [-0.2, 0) is 6.42 Å². The first-order valence-electron chi connectivity index (χ1n) is 6.31. The van der Waals surface area contributed by atoms with Crippen molar-refractivity contribution in [3.8, 4) is 0 Å². The highest BCUT2D eigenvalue weighted by Gasteiger charge is 2.19. The zero-order chi connectivity index (χ0) is 13.8. The van der Waals surface area contributed by atoms with E-state index in [4.69, 9.17) is 5.73 Å². The third-order valence-corrected chi connectivity index (χ3v) is 3.88. The molecular weight excluding hydrogens is 302 g/mol. The average Bonchev–Trinajstić information content (AvgIpc) is 2.39. The van der Waals surface area contributed by atoms with Gasteiger partial charge in [0.15, 0.2) is 0 Å². The summed E-state index contributed by atoms with van der Waals surface area (Å²) in [5.74, 6) is 0. The molecule has 3 N–H and O–H groups in total. The lowest BCUT2D eigenvalue weighted by molar-refractivity contribution is 0.145. The number of aliphatic hydroxyl groups excluding tert-OH is 1. The van der Waals surface area contributed by atoms with Gasteiger partial charge in [-0.15, -0.1) is 0 Å². The van der Waals surface area contributed by atoms with Crippen LogP contribution in [0.1, 0.15) is 22.8 Å². The highest BCUT2D eigenvalue weighted by atomic mass is 79.9. The average molecular weight is 320 g/mol. The third kappa shape index (κ3) is 3.66. The third-order valence-electron chi connectivity index (χ3n) is 3.19. The minimum Gasteiger partial charge on any atom is -0.387 e. The van der Waals surface area contributed by atoms with Crippen LogP contribution < -0.4 is 5.73 Å². The van der Waals surface area contributed by atoms with Crippen molar-refractivity contribution in [2.75, 3.05) is 0 Å². The Morgan fingerprint density at radius 1 is 1.16 bits per heavy atom. The predicted molar refractivity (Wildman–Crippen MR) is 82.0 cm³/mol. The Kier molecular flexibility index (Phi) is 4.75. The van der Waals surface area contributed by atoms with Crippen molar-refractivity contribution in [3.05, 3.63) is 69.7 Å². The second-order valence-electron chi connectivity index (χ2n) is 4.82. The summed E-state index contributed by atoms with van der Waals surface area (Å²) in [5, 5.41) is 10.4. The molecule has 0 saturated carbocycles. The molecule has 0 amide bonds. The van der Waals surface area contributed by atoms with Crippen LogP contribution in [0.3, 0.4) is 0 Å². The molecule has 0 aromatic heterocycles. The molecule has 2 aromatic carbocycles. The SMILES string of the molecule is Cc1ccc(C(O)C(N)Cc2ccccc2)c(Br)c1. The lowest BCUT2D eigenvalue weighted by atomic mass is 9.96. The van der Waals surface area contributed by atoms with E-state index in [1.54, 1.807) is 0 Å². The standard InChI is InChI=1S/C16H18BrNO/c1-11-7-8-13(14(17)9-11)16(19)15(18)10-12-5-3-2-4-6-12/h2-9,15-16,19H,10,18H2,1H3. The normalized spacial score (nSPS) is 14.1. The zero-order valence-electron chi connectivity index (χ0n) is 10.9. The summed E-state index contributed by atoms with van der Waals surface area (Å²) < 4.78 is 0.906. The molecule has 0 saturated heterocycles. The van der Waals surface area contributed by atoms with Gasteiger partial charge in [0.25, 0.3) is 0 Å². The van der Waals surface area contributed by atoms with Crippen molar-refractivity contribution in [1.82, 2.24) is 0 Å². The molecule has 2 aromatic rings. The fourth-order valence-corrected chi connectivity index (χ4v) is 2.83. The monoisotopic (exact) mass is 319 g/mol. The Balaban J connectivity index is 2.12. The molecule has 0 heterocycles. The quantitative estimate of drug-likeness (QED) is 0.907. The van der Waals surface area contributed by atoms with E-state index in [1.165, 1.54) is 0 Å². The summed E-state index contributed by atoms with van der Waals surface area (Å²) >= 11 is 3.49. The number of hydrogen-bond acceptors (Lipinski definition) is 2. The molecule has 0 aliphatic carbocycles. The maximum atomic E-state index is 10.4. The number of benzene rings is 2. The summed E-state index contributed by atoms with van der Waals surface area (Å²) in [7, 11) is 0. The maximum Gasteiger partial charge on any atom is 0.0955 e. The molecule has 100 valence electrons. The van der Waals surface area contributed by atoms with Crippen molar-refractivity contribution < 1.29 is 5.11 Å². The summed E-state index contributed by atoms with van der Waals surface area (Å²) in [5.41, 5.74) is 9.25. The van der Waals surface area contributed by atoms with Gasteiger partial charge in [-0.1, -0.05) is 58.4 Å². The van der Waals surface area contributed by atoms with Crippen LogP contribution >= 0.6 is 15.9 Å². The Bertz CT molecular complexity index is 542. The van der Waals surface area contributed by atoms with Crippen LogP contribution in [0.5, 0.6) is 0 Å². The molecular formula is C16H18BrNO. The van der Waals surface area contributed by atoms with Crippen LogP contribution in [0, 0.1) is 6.92 Å². The van der Waals surface area contributed by atoms with Gasteiger partial charge < -0.3 is 10.8 Å². The van der Waals surface area contributed by atoms with Gasteiger partial charge in [0.2, 0.25) is 0 Å². The van der Waals surface area contributed by atoms with E-state index in [0.717, 1.165) is 21.2 Å². The summed E-state index contributed by atoms with van der Waals surface area (Å²) in [4.78, 5) is 0. The molecule has 0 radical (unpaired) electrons. The minimum absolute atomic E-state index is 0.318. The van der Waals surface area contributed by atoms with Gasteiger partial charge in [0, 0.05) is 10.5 Å². The first kappa shape index (κ1) is 14.3. The molecule has 2 atom stereocenters. The van der Waals surface area contributed by atoms with Crippen LogP contribution in [0.15, 0.2) is 53.0 Å². The number of hydrogen-bond donors (Lipinski definition) is 2. The number of halogens is 1. The fourth-order valence-electron chi connectivity index (χ4n) is 2.10. The number of aryl methyl sites for hydroxylation is 1. The first-order chi connectivity index (χ1) is 9.08. The van der Waals surface area contributed by atoms with E-state index >= 15 is 0 Å². The van der Waals surface area contributed by atoms with E-state index in [2.05, 4.69) is 15.9 Å². The summed E-state index contributed by atoms with van der Waals surface area (Å²) in [6.07, 6.45) is -0.0160. The van der Waals surface area contributed by atoms with E-state index in [0.29, 0.717) is 6.42 Å². The van der Waals surface area contributed by atoms with Gasteiger partial charge in [0.1, 0.15) is 0 Å². The minimum atomic E-state index is -0.671. The highest BCUT2D eigenvalue weighted by Crippen LogP contribution is 2.27. The van der Waals surface area contributed by atoms with Gasteiger partial charge in [-0.2, -0.15) is 0 Å². The maximum absolute atomic E-state index is 10.4. The molecule has 0 aliphatic rings. The molecule has 0 fully saturated rings. The van der Waals surface area contributed by atoms with Crippen LogP contribution in [-0.4, -0.2) is 11.1 Å². The number of rotatable bonds is 4. The fraction of sp³-hybridized carbons (Fsp3) is 0.250. The lowest BCUT2D eigenvalue weighted by Crippen LogP contribution is -2.30. The highest BCUT2D eigenvalue weighted by molar-refractivity contribution is 9.10. The lowest BCUT2D eigenvalue weighted by Gasteiger charge is -2.20. The van der Waals surface area contributed by atoms with Gasteiger partial charge in [-0.25, -0.2) is 0 Å². The second kappa shape index (κ2) is 6.33. The van der Waals surface area contributed by atoms with Crippen LogP contribution in [0.2, 0.25) is 0 Å². The Morgan fingerprint density at radius 2 is 1.84 bits per heavy atom. The smallest absolute Gasteiger partial charge is 0.0955 e. The second-order valence-corrected chi connectivity index (χ2v) is 5.68.